The van der Waals surface area contributed by atoms with Gasteiger partial charge in [0, 0.05) is 21.7 Å². The van der Waals surface area contributed by atoms with Crippen LogP contribution in [0.4, 0.5) is 0 Å². The number of aromatic nitrogens is 5. The molecule has 29 heavy (non-hydrogen) atoms. The Morgan fingerprint density at radius 1 is 1.07 bits per heavy atom. The maximum absolute atomic E-state index is 6.17. The van der Waals surface area contributed by atoms with Crippen molar-refractivity contribution in [3.63, 3.8) is 0 Å². The molecule has 0 bridgehead atoms. The number of hydrogen-bond donors (Lipinski definition) is 0. The van der Waals surface area contributed by atoms with E-state index < -0.39 is 0 Å². The molecule has 0 amide bonds. The summed E-state index contributed by atoms with van der Waals surface area (Å²) in [5.74, 6) is 1.11. The van der Waals surface area contributed by atoms with E-state index in [1.54, 1.807) is 22.7 Å². The van der Waals surface area contributed by atoms with E-state index in [2.05, 4.69) is 15.2 Å². The lowest BCUT2D eigenvalue weighted by Gasteiger charge is -2.06. The number of aryl methyl sites for hydroxylation is 1. The van der Waals surface area contributed by atoms with E-state index >= 15 is 0 Å². The summed E-state index contributed by atoms with van der Waals surface area (Å²) in [6.07, 6.45) is 0. The molecule has 0 spiro atoms. The Kier molecular flexibility index (Phi) is 4.58. The van der Waals surface area contributed by atoms with E-state index in [-0.39, 0.29) is 6.61 Å². The van der Waals surface area contributed by atoms with Crippen molar-refractivity contribution in [2.75, 3.05) is 0 Å². The summed E-state index contributed by atoms with van der Waals surface area (Å²) >= 11 is 13.6. The lowest BCUT2D eigenvalue weighted by atomic mass is 10.1. The monoisotopic (exact) mass is 441 g/mol. The fourth-order valence-corrected chi connectivity index (χ4v) is 4.43. The minimum atomic E-state index is 0.182. The highest BCUT2D eigenvalue weighted by Crippen LogP contribution is 2.32. The number of nitrogens with zero attached hydrogens (tertiary/aromatic N) is 5. The summed E-state index contributed by atoms with van der Waals surface area (Å²) < 4.78 is 7.49. The number of fused-ring (bicyclic) bond motifs is 2. The summed E-state index contributed by atoms with van der Waals surface area (Å²) in [5, 5.41) is 16.0. The van der Waals surface area contributed by atoms with Gasteiger partial charge in [-0.25, -0.2) is 0 Å². The Hall–Kier alpha value is -2.74. The van der Waals surface area contributed by atoms with Gasteiger partial charge in [0.1, 0.15) is 17.4 Å². The number of pyridine rings is 1. The lowest BCUT2D eigenvalue weighted by molar-refractivity contribution is 0.293. The molecule has 3 heterocycles. The predicted octanol–water partition coefficient (Wildman–Crippen LogP) is 5.60. The van der Waals surface area contributed by atoms with Crippen molar-refractivity contribution in [2.45, 2.75) is 13.5 Å². The molecule has 0 saturated heterocycles. The third-order valence-electron chi connectivity index (χ3n) is 4.38. The molecule has 2 aromatic carbocycles. The van der Waals surface area contributed by atoms with E-state index in [1.807, 2.05) is 37.3 Å². The van der Waals surface area contributed by atoms with E-state index in [0.717, 1.165) is 27.2 Å². The molecule has 0 aliphatic rings. The second-order valence-corrected chi connectivity index (χ2v) is 8.21. The Labute approximate surface area is 179 Å². The van der Waals surface area contributed by atoms with Crippen LogP contribution < -0.4 is 4.74 Å². The van der Waals surface area contributed by atoms with Gasteiger partial charge in [-0.15, -0.1) is 10.2 Å². The molecule has 0 N–H and O–H groups in total. The van der Waals surface area contributed by atoms with Crippen molar-refractivity contribution in [3.05, 3.63) is 70.1 Å². The van der Waals surface area contributed by atoms with Gasteiger partial charge in [-0.05, 0) is 37.3 Å². The van der Waals surface area contributed by atoms with Crippen LogP contribution in [0.2, 0.25) is 10.0 Å². The van der Waals surface area contributed by atoms with E-state index in [1.165, 1.54) is 11.3 Å². The third kappa shape index (κ3) is 3.42. The molecule has 0 saturated carbocycles. The fraction of sp³-hybridized carbons (Fsp3) is 0.100. The van der Waals surface area contributed by atoms with Crippen molar-refractivity contribution < 1.29 is 4.74 Å². The summed E-state index contributed by atoms with van der Waals surface area (Å²) in [7, 11) is 0. The first-order valence-corrected chi connectivity index (χ1v) is 10.3. The molecule has 9 heteroatoms. The Balaban J connectivity index is 1.51. The first-order valence-electron chi connectivity index (χ1n) is 8.74. The molecule has 5 rings (SSSR count). The van der Waals surface area contributed by atoms with Crippen molar-refractivity contribution in [2.24, 2.45) is 0 Å². The second-order valence-electron chi connectivity index (χ2n) is 6.41. The molecular weight excluding hydrogens is 429 g/mol. The van der Waals surface area contributed by atoms with E-state index in [0.29, 0.717) is 26.6 Å². The molecule has 0 unspecified atom stereocenters. The van der Waals surface area contributed by atoms with Crippen molar-refractivity contribution in [3.8, 4) is 16.3 Å². The number of rotatable bonds is 4. The Morgan fingerprint density at radius 3 is 2.79 bits per heavy atom. The molecule has 0 atom stereocenters. The summed E-state index contributed by atoms with van der Waals surface area (Å²) in [6, 6.07) is 15.1. The quantitative estimate of drug-likeness (QED) is 0.363. The molecule has 3 aromatic heterocycles. The van der Waals surface area contributed by atoms with Crippen molar-refractivity contribution in [1.82, 2.24) is 24.8 Å². The van der Waals surface area contributed by atoms with Gasteiger partial charge in [0.05, 0.1) is 10.5 Å². The largest absolute Gasteiger partial charge is 0.484 e. The molecular formula is C20H13Cl2N5OS. The maximum Gasteiger partial charge on any atom is 0.235 e. The Bertz CT molecular complexity index is 1360. The van der Waals surface area contributed by atoms with Gasteiger partial charge in [-0.3, -0.25) is 4.98 Å². The van der Waals surface area contributed by atoms with Gasteiger partial charge in [-0.2, -0.15) is 9.61 Å². The van der Waals surface area contributed by atoms with Crippen LogP contribution in [0.25, 0.3) is 26.4 Å². The van der Waals surface area contributed by atoms with Gasteiger partial charge < -0.3 is 4.74 Å². The van der Waals surface area contributed by atoms with Crippen molar-refractivity contribution in [1.29, 1.82) is 0 Å². The zero-order valence-corrected chi connectivity index (χ0v) is 17.5. The van der Waals surface area contributed by atoms with E-state index in [9.17, 15) is 0 Å². The smallest absolute Gasteiger partial charge is 0.235 e. The highest BCUT2D eigenvalue weighted by Gasteiger charge is 2.16. The van der Waals surface area contributed by atoms with Crippen LogP contribution in [0.1, 0.15) is 11.5 Å². The van der Waals surface area contributed by atoms with Crippen LogP contribution in [0, 0.1) is 6.92 Å². The van der Waals surface area contributed by atoms with Crippen LogP contribution in [0.3, 0.4) is 0 Å². The number of benzene rings is 2. The topological polar surface area (TPSA) is 65.2 Å². The van der Waals surface area contributed by atoms with Gasteiger partial charge in [-0.1, -0.05) is 52.7 Å². The van der Waals surface area contributed by atoms with Crippen LogP contribution in [-0.4, -0.2) is 24.8 Å². The lowest BCUT2D eigenvalue weighted by Crippen LogP contribution is -2.02. The van der Waals surface area contributed by atoms with Gasteiger partial charge in [0.2, 0.25) is 4.96 Å². The van der Waals surface area contributed by atoms with Crippen LogP contribution >= 0.6 is 34.5 Å². The minimum absolute atomic E-state index is 0.182. The normalized spacial score (nSPS) is 11.4. The average Bonchev–Trinajstić information content (AvgIpc) is 3.28. The molecule has 6 nitrogen and oxygen atoms in total. The summed E-state index contributed by atoms with van der Waals surface area (Å²) in [5.41, 5.74) is 2.90. The van der Waals surface area contributed by atoms with Gasteiger partial charge >= 0.3 is 0 Å². The zero-order valence-electron chi connectivity index (χ0n) is 15.1. The highest BCUT2D eigenvalue weighted by molar-refractivity contribution is 7.19. The molecule has 144 valence electrons. The molecule has 5 aromatic rings. The molecule has 0 radical (unpaired) electrons. The standard InChI is InChI=1S/C20H13Cl2N5OS/c1-11-8-14(13-4-2-3-5-16(13)23-11)19-26-27-18(24-25-20(27)29-19)10-28-17-7-6-12(21)9-15(17)22/h2-9H,10H2,1H3. The van der Waals surface area contributed by atoms with Crippen LogP contribution in [-0.2, 0) is 6.61 Å². The maximum atomic E-state index is 6.17. The molecule has 0 fully saturated rings. The van der Waals surface area contributed by atoms with Crippen LogP contribution in [0.5, 0.6) is 5.75 Å². The average molecular weight is 442 g/mol. The minimum Gasteiger partial charge on any atom is -0.484 e. The van der Waals surface area contributed by atoms with Crippen LogP contribution in [0.15, 0.2) is 48.5 Å². The highest BCUT2D eigenvalue weighted by atomic mass is 35.5. The number of halogens is 2. The van der Waals surface area contributed by atoms with E-state index in [4.69, 9.17) is 33.0 Å². The number of hydrogen-bond acceptors (Lipinski definition) is 6. The predicted molar refractivity (Wildman–Crippen MR) is 115 cm³/mol. The number of ether oxygens (including phenoxy) is 1. The van der Waals surface area contributed by atoms with Gasteiger partial charge in [0.15, 0.2) is 5.82 Å². The second kappa shape index (κ2) is 7.26. The molecule has 0 aliphatic carbocycles. The third-order valence-corrected chi connectivity index (χ3v) is 5.84. The zero-order chi connectivity index (χ0) is 20.0. The molecule has 0 aliphatic heterocycles. The SMILES string of the molecule is Cc1cc(-c2nn3c(COc4ccc(Cl)cc4Cl)nnc3s2)c2ccccc2n1. The Morgan fingerprint density at radius 2 is 1.93 bits per heavy atom. The number of para-hydroxylation sites is 1. The van der Waals surface area contributed by atoms with Gasteiger partial charge in [0.25, 0.3) is 0 Å². The first-order chi connectivity index (χ1) is 14.1. The van der Waals surface area contributed by atoms with Crippen molar-refractivity contribution >= 4 is 50.4 Å². The fourth-order valence-electron chi connectivity index (χ4n) is 3.08. The first kappa shape index (κ1) is 18.3. The summed E-state index contributed by atoms with van der Waals surface area (Å²) in [4.78, 5) is 5.29. The summed E-state index contributed by atoms with van der Waals surface area (Å²) in [6.45, 7) is 2.16.